The van der Waals surface area contributed by atoms with Crippen molar-refractivity contribution in [2.45, 2.75) is 146 Å². The quantitative estimate of drug-likeness (QED) is 0.0944. The number of piperidine rings is 2. The van der Waals surface area contributed by atoms with Crippen molar-refractivity contribution in [3.05, 3.63) is 34.9 Å². The van der Waals surface area contributed by atoms with E-state index < -0.39 is 17.7 Å². The summed E-state index contributed by atoms with van der Waals surface area (Å²) >= 11 is 6.22. The SMILES string of the molecule is CNC[C@H](CC1CCCCC1)NC(=O)N1CCCCC1.CNC[C@H](CC1CCCCC1)NC(=O)N1CCC[C@@H]([C@@](O)(CCCNC(=O)C(F)(F)F)c2cccc(Cl)c2)C1. The molecule has 2 aliphatic carbocycles. The largest absolute Gasteiger partial charge is 0.471 e. The first-order valence-electron chi connectivity index (χ1n) is 22.6. The van der Waals surface area contributed by atoms with Crippen molar-refractivity contribution in [2.75, 3.05) is 59.9 Å². The monoisotopic (exact) mass is 856 g/mol. The van der Waals surface area contributed by atoms with Gasteiger partial charge in [0.15, 0.2) is 0 Å². The summed E-state index contributed by atoms with van der Waals surface area (Å²) in [6.07, 6.45) is 15.2. The average molecular weight is 857 g/mol. The van der Waals surface area contributed by atoms with Crippen LogP contribution in [0.5, 0.6) is 0 Å². The summed E-state index contributed by atoms with van der Waals surface area (Å²) in [6, 6.07) is 7.09. The summed E-state index contributed by atoms with van der Waals surface area (Å²) in [4.78, 5) is 40.6. The molecule has 15 heteroatoms. The minimum absolute atomic E-state index is 0.00929. The summed E-state index contributed by atoms with van der Waals surface area (Å²) in [6.45, 7) is 4.06. The molecule has 336 valence electrons. The maximum atomic E-state index is 13.3. The van der Waals surface area contributed by atoms with Crippen LogP contribution in [-0.2, 0) is 10.4 Å². The molecule has 11 nitrogen and oxygen atoms in total. The van der Waals surface area contributed by atoms with E-state index in [0.29, 0.717) is 49.0 Å². The van der Waals surface area contributed by atoms with E-state index in [9.17, 15) is 32.7 Å². The van der Waals surface area contributed by atoms with Crippen molar-refractivity contribution in [2.24, 2.45) is 17.8 Å². The maximum Gasteiger partial charge on any atom is 0.471 e. The van der Waals surface area contributed by atoms with Crippen molar-refractivity contribution in [3.8, 4) is 0 Å². The van der Waals surface area contributed by atoms with E-state index in [4.69, 9.17) is 11.6 Å². The topological polar surface area (TPSA) is 138 Å². The van der Waals surface area contributed by atoms with Gasteiger partial charge in [0, 0.05) is 68.8 Å². The van der Waals surface area contributed by atoms with E-state index in [0.717, 1.165) is 51.2 Å². The number of hydrogen-bond acceptors (Lipinski definition) is 6. The zero-order valence-corrected chi connectivity index (χ0v) is 36.4. The number of nitrogens with one attached hydrogen (secondary N) is 5. The highest BCUT2D eigenvalue weighted by Crippen LogP contribution is 2.40. The van der Waals surface area contributed by atoms with E-state index in [1.165, 1.54) is 70.6 Å². The molecular formula is C44H73ClF3N7O4. The van der Waals surface area contributed by atoms with Gasteiger partial charge >= 0.3 is 24.1 Å². The Balaban J connectivity index is 0.000000321. The zero-order chi connectivity index (χ0) is 42.7. The molecule has 4 fully saturated rings. The Kier molecular flexibility index (Phi) is 20.9. The Hall–Kier alpha value is -2.81. The molecule has 1 aromatic rings. The van der Waals surface area contributed by atoms with Crippen LogP contribution in [0.15, 0.2) is 24.3 Å². The highest BCUT2D eigenvalue weighted by Gasteiger charge is 2.42. The van der Waals surface area contributed by atoms with Crippen LogP contribution in [0.2, 0.25) is 5.02 Å². The fourth-order valence-corrected chi connectivity index (χ4v) is 9.90. The normalized spacial score (nSPS) is 21.6. The number of urea groups is 2. The molecule has 2 saturated carbocycles. The Labute approximate surface area is 356 Å². The second kappa shape index (κ2) is 25.2. The van der Waals surface area contributed by atoms with Gasteiger partial charge in [0.1, 0.15) is 0 Å². The van der Waals surface area contributed by atoms with Crippen molar-refractivity contribution >= 4 is 29.6 Å². The lowest BCUT2D eigenvalue weighted by Crippen LogP contribution is -2.54. The predicted molar refractivity (Wildman–Crippen MR) is 228 cm³/mol. The van der Waals surface area contributed by atoms with Crippen LogP contribution in [0.25, 0.3) is 0 Å². The number of likely N-dealkylation sites (N-methyl/N-ethyl adjacent to an activating group) is 2. The number of nitrogens with zero attached hydrogens (tertiary/aromatic N) is 2. The van der Waals surface area contributed by atoms with Crippen LogP contribution in [0.4, 0.5) is 22.8 Å². The summed E-state index contributed by atoms with van der Waals surface area (Å²) in [5.41, 5.74) is -0.881. The molecule has 0 bridgehead atoms. The molecular weight excluding hydrogens is 783 g/mol. The molecule has 4 aliphatic rings. The fourth-order valence-electron chi connectivity index (χ4n) is 9.71. The summed E-state index contributed by atoms with van der Waals surface area (Å²) in [5.74, 6) is -0.936. The highest BCUT2D eigenvalue weighted by molar-refractivity contribution is 6.30. The number of halogens is 4. The highest BCUT2D eigenvalue weighted by atomic mass is 35.5. The molecule has 1 aromatic carbocycles. The molecule has 2 saturated heterocycles. The number of hydrogen-bond donors (Lipinski definition) is 6. The summed E-state index contributed by atoms with van der Waals surface area (Å²) < 4.78 is 37.7. The maximum absolute atomic E-state index is 13.3. The van der Waals surface area contributed by atoms with Crippen LogP contribution in [0.3, 0.4) is 0 Å². The van der Waals surface area contributed by atoms with Gasteiger partial charge in [-0.1, -0.05) is 87.9 Å². The number of carbonyl (C=O) groups excluding carboxylic acids is 3. The summed E-state index contributed by atoms with van der Waals surface area (Å²) in [7, 11) is 3.85. The Morgan fingerprint density at radius 2 is 1.29 bits per heavy atom. The van der Waals surface area contributed by atoms with Crippen molar-refractivity contribution in [3.63, 3.8) is 0 Å². The van der Waals surface area contributed by atoms with E-state index in [2.05, 4.69) is 21.3 Å². The van der Waals surface area contributed by atoms with Crippen LogP contribution in [0.1, 0.15) is 128 Å². The lowest BCUT2D eigenvalue weighted by Gasteiger charge is -2.43. The molecule has 0 aromatic heterocycles. The van der Waals surface area contributed by atoms with Crippen molar-refractivity contribution in [1.82, 2.24) is 36.4 Å². The molecule has 59 heavy (non-hydrogen) atoms. The second-order valence-electron chi connectivity index (χ2n) is 17.5. The number of rotatable bonds is 16. The van der Waals surface area contributed by atoms with Gasteiger partial charge in [-0.05, 0) is 101 Å². The lowest BCUT2D eigenvalue weighted by atomic mass is 9.74. The first-order chi connectivity index (χ1) is 28.3. The fraction of sp³-hybridized carbons (Fsp3) is 0.795. The Morgan fingerprint density at radius 3 is 1.81 bits per heavy atom. The molecule has 2 heterocycles. The molecule has 5 rings (SSSR count). The number of likely N-dealkylation sites (tertiary alicyclic amines) is 2. The molecule has 0 spiro atoms. The van der Waals surface area contributed by atoms with Gasteiger partial charge in [0.2, 0.25) is 0 Å². The number of amides is 5. The standard InChI is InChI=1S/C28H42ClF3N4O3.C16H31N3O/c1-33-18-24(16-20-8-3-2-4-9-20)35-26(38)36-15-6-11-22(19-36)27(39,21-10-5-12-23(29)17-21)13-7-14-34-25(37)28(30,31)32;1-17-13-15(12-14-8-4-2-5-9-14)18-16(20)19-10-6-3-7-11-19/h5,10,12,17,20,22,24,33,39H,2-4,6-9,11,13-16,18-19H2,1H3,(H,34,37)(H,35,38);14-15,17H,2-13H2,1H3,(H,18,20)/t22-,24+,27-;15-/m10/s1. The zero-order valence-electron chi connectivity index (χ0n) is 35.7. The molecule has 6 N–H and O–H groups in total. The van der Waals surface area contributed by atoms with E-state index in [1.54, 1.807) is 29.2 Å². The van der Waals surface area contributed by atoms with Gasteiger partial charge < -0.3 is 41.5 Å². The van der Waals surface area contributed by atoms with Crippen LogP contribution < -0.4 is 26.6 Å². The third-order valence-corrected chi connectivity index (χ3v) is 13.1. The number of benzene rings is 1. The number of alkyl halides is 3. The van der Waals surface area contributed by atoms with E-state index in [-0.39, 0.29) is 49.5 Å². The molecule has 0 radical (unpaired) electrons. The van der Waals surface area contributed by atoms with Crippen molar-refractivity contribution in [1.29, 1.82) is 0 Å². The Morgan fingerprint density at radius 1 is 0.763 bits per heavy atom. The first kappa shape index (κ1) is 48.9. The van der Waals surface area contributed by atoms with Gasteiger partial charge in [-0.2, -0.15) is 13.2 Å². The molecule has 0 unspecified atom stereocenters. The number of aliphatic hydroxyl groups is 1. The van der Waals surface area contributed by atoms with Gasteiger partial charge in [-0.3, -0.25) is 4.79 Å². The van der Waals surface area contributed by atoms with Crippen LogP contribution >= 0.6 is 11.6 Å². The summed E-state index contributed by atoms with van der Waals surface area (Å²) in [5, 5.41) is 27.2. The minimum Gasteiger partial charge on any atom is -0.385 e. The van der Waals surface area contributed by atoms with Crippen LogP contribution in [0, 0.1) is 17.8 Å². The molecule has 2 aliphatic heterocycles. The Bertz CT molecular complexity index is 1410. The third kappa shape index (κ3) is 16.5. The van der Waals surface area contributed by atoms with Crippen molar-refractivity contribution < 1.29 is 32.7 Å². The lowest BCUT2D eigenvalue weighted by molar-refractivity contribution is -0.173. The minimum atomic E-state index is -4.96. The van der Waals surface area contributed by atoms with Crippen LogP contribution in [-0.4, -0.2) is 111 Å². The molecule has 4 atom stereocenters. The van der Waals surface area contributed by atoms with Gasteiger partial charge in [0.05, 0.1) is 5.60 Å². The van der Waals surface area contributed by atoms with E-state index >= 15 is 0 Å². The van der Waals surface area contributed by atoms with E-state index in [1.807, 2.05) is 24.3 Å². The first-order valence-corrected chi connectivity index (χ1v) is 22.9. The average Bonchev–Trinajstić information content (AvgIpc) is 3.23. The second-order valence-corrected chi connectivity index (χ2v) is 17.9. The predicted octanol–water partition coefficient (Wildman–Crippen LogP) is 7.71. The van der Waals surface area contributed by atoms with Gasteiger partial charge in [-0.25, -0.2) is 9.59 Å². The number of carbonyl (C=O) groups is 3. The smallest absolute Gasteiger partial charge is 0.385 e. The van der Waals surface area contributed by atoms with Gasteiger partial charge in [0.25, 0.3) is 0 Å². The van der Waals surface area contributed by atoms with Gasteiger partial charge in [-0.15, -0.1) is 0 Å². The molecule has 5 amide bonds. The third-order valence-electron chi connectivity index (χ3n) is 12.9.